The Hall–Kier alpha value is -4.02. The summed E-state index contributed by atoms with van der Waals surface area (Å²) in [5.41, 5.74) is -0.593. The SMILES string of the molecule is CCc1nc2ccc(CNC(=O)c3cccc(C(F)(F)F)c3)cc2c(=O)n1C1CCC(=O)NC1=O. The molecule has 0 saturated carbocycles. The third-order valence-electron chi connectivity index (χ3n) is 5.78. The Morgan fingerprint density at radius 1 is 1.17 bits per heavy atom. The normalized spacial score (nSPS) is 16.3. The lowest BCUT2D eigenvalue weighted by atomic mass is 10.0. The van der Waals surface area contributed by atoms with Crippen LogP contribution in [0.1, 0.15) is 53.1 Å². The largest absolute Gasteiger partial charge is 0.416 e. The van der Waals surface area contributed by atoms with Crippen molar-refractivity contribution in [3.05, 3.63) is 75.3 Å². The molecule has 4 rings (SSSR count). The van der Waals surface area contributed by atoms with Crippen molar-refractivity contribution in [3.63, 3.8) is 0 Å². The average Bonchev–Trinajstić information content (AvgIpc) is 2.82. The molecule has 1 atom stereocenters. The Bertz CT molecular complexity index is 1400. The fourth-order valence-electron chi connectivity index (χ4n) is 4.02. The van der Waals surface area contributed by atoms with Crippen molar-refractivity contribution in [3.8, 4) is 0 Å². The number of benzene rings is 2. The number of carbonyl (C=O) groups excluding carboxylic acids is 3. The molecular weight excluding hydrogens is 465 g/mol. The van der Waals surface area contributed by atoms with Gasteiger partial charge in [0.2, 0.25) is 11.8 Å². The minimum Gasteiger partial charge on any atom is -0.348 e. The van der Waals surface area contributed by atoms with Crippen LogP contribution in [-0.2, 0) is 28.7 Å². The summed E-state index contributed by atoms with van der Waals surface area (Å²) in [7, 11) is 0. The molecule has 1 aliphatic heterocycles. The lowest BCUT2D eigenvalue weighted by Crippen LogP contribution is -2.45. The molecular formula is C24H21F3N4O4. The lowest BCUT2D eigenvalue weighted by Gasteiger charge is -2.25. The Morgan fingerprint density at radius 2 is 1.94 bits per heavy atom. The summed E-state index contributed by atoms with van der Waals surface area (Å²) in [5, 5.41) is 5.02. The highest BCUT2D eigenvalue weighted by molar-refractivity contribution is 5.99. The predicted octanol–water partition coefficient (Wildman–Crippen LogP) is 2.89. The van der Waals surface area contributed by atoms with Gasteiger partial charge in [0.1, 0.15) is 11.9 Å². The van der Waals surface area contributed by atoms with Gasteiger partial charge in [0, 0.05) is 24.9 Å². The third kappa shape index (κ3) is 4.93. The molecule has 1 fully saturated rings. The van der Waals surface area contributed by atoms with Crippen LogP contribution in [0.15, 0.2) is 47.3 Å². The van der Waals surface area contributed by atoms with Gasteiger partial charge in [-0.15, -0.1) is 0 Å². The average molecular weight is 486 g/mol. The Kier molecular flexibility index (Phi) is 6.42. The minimum atomic E-state index is -4.57. The molecule has 182 valence electrons. The van der Waals surface area contributed by atoms with Gasteiger partial charge < -0.3 is 5.32 Å². The van der Waals surface area contributed by atoms with Crippen LogP contribution in [0.5, 0.6) is 0 Å². The molecule has 0 radical (unpaired) electrons. The summed E-state index contributed by atoms with van der Waals surface area (Å²) in [4.78, 5) is 54.2. The maximum Gasteiger partial charge on any atom is 0.416 e. The van der Waals surface area contributed by atoms with Crippen LogP contribution in [0.4, 0.5) is 13.2 Å². The first kappa shape index (κ1) is 24.1. The van der Waals surface area contributed by atoms with E-state index in [2.05, 4.69) is 15.6 Å². The number of amides is 3. The van der Waals surface area contributed by atoms with Crippen LogP contribution in [-0.4, -0.2) is 27.3 Å². The number of aromatic nitrogens is 2. The fraction of sp³-hybridized carbons (Fsp3) is 0.292. The molecule has 2 aromatic carbocycles. The number of alkyl halides is 3. The van der Waals surface area contributed by atoms with E-state index in [4.69, 9.17) is 0 Å². The number of halogens is 3. The molecule has 1 aliphatic rings. The Labute approximate surface area is 197 Å². The summed E-state index contributed by atoms with van der Waals surface area (Å²) in [6, 6.07) is 8.00. The van der Waals surface area contributed by atoms with E-state index in [9.17, 15) is 32.3 Å². The zero-order chi connectivity index (χ0) is 25.3. The molecule has 8 nitrogen and oxygen atoms in total. The zero-order valence-electron chi connectivity index (χ0n) is 18.6. The maximum absolute atomic E-state index is 13.3. The maximum atomic E-state index is 13.3. The molecule has 11 heteroatoms. The fourth-order valence-corrected chi connectivity index (χ4v) is 4.02. The van der Waals surface area contributed by atoms with E-state index < -0.39 is 41.1 Å². The van der Waals surface area contributed by atoms with Gasteiger partial charge in [-0.05, 0) is 42.3 Å². The van der Waals surface area contributed by atoms with Crippen molar-refractivity contribution in [2.45, 2.75) is 44.9 Å². The van der Waals surface area contributed by atoms with E-state index in [1.165, 1.54) is 16.7 Å². The van der Waals surface area contributed by atoms with Crippen LogP contribution >= 0.6 is 0 Å². The number of hydrogen-bond acceptors (Lipinski definition) is 5. The molecule has 0 spiro atoms. The molecule has 0 aliphatic carbocycles. The van der Waals surface area contributed by atoms with Gasteiger partial charge in [-0.3, -0.25) is 29.1 Å². The first-order valence-electron chi connectivity index (χ1n) is 10.9. The summed E-state index contributed by atoms with van der Waals surface area (Å²) >= 11 is 0. The molecule has 1 saturated heterocycles. The van der Waals surface area contributed by atoms with Gasteiger partial charge >= 0.3 is 6.18 Å². The van der Waals surface area contributed by atoms with Crippen molar-refractivity contribution >= 4 is 28.6 Å². The number of nitrogens with zero attached hydrogens (tertiary/aromatic N) is 2. The molecule has 35 heavy (non-hydrogen) atoms. The number of rotatable bonds is 5. The third-order valence-corrected chi connectivity index (χ3v) is 5.78. The number of imide groups is 1. The molecule has 1 unspecified atom stereocenters. The van der Waals surface area contributed by atoms with Gasteiger partial charge in [0.25, 0.3) is 11.5 Å². The molecule has 3 amide bonds. The summed E-state index contributed by atoms with van der Waals surface area (Å²) in [6.45, 7) is 1.76. The highest BCUT2D eigenvalue weighted by atomic mass is 19.4. The number of carbonyl (C=O) groups is 3. The monoisotopic (exact) mass is 486 g/mol. The number of nitrogens with one attached hydrogen (secondary N) is 2. The topological polar surface area (TPSA) is 110 Å². The number of hydrogen-bond donors (Lipinski definition) is 2. The zero-order valence-corrected chi connectivity index (χ0v) is 18.6. The van der Waals surface area contributed by atoms with Gasteiger partial charge in [-0.25, -0.2) is 4.98 Å². The van der Waals surface area contributed by atoms with Crippen LogP contribution in [0.2, 0.25) is 0 Å². The van der Waals surface area contributed by atoms with Crippen molar-refractivity contribution in [1.29, 1.82) is 0 Å². The number of aryl methyl sites for hydroxylation is 1. The van der Waals surface area contributed by atoms with E-state index in [0.717, 1.165) is 18.2 Å². The van der Waals surface area contributed by atoms with E-state index in [1.54, 1.807) is 19.1 Å². The number of fused-ring (bicyclic) bond motifs is 1. The van der Waals surface area contributed by atoms with Crippen molar-refractivity contribution in [2.75, 3.05) is 0 Å². The molecule has 2 N–H and O–H groups in total. The Morgan fingerprint density at radius 3 is 2.63 bits per heavy atom. The van der Waals surface area contributed by atoms with Crippen molar-refractivity contribution < 1.29 is 27.6 Å². The first-order chi connectivity index (χ1) is 16.6. The van der Waals surface area contributed by atoms with Crippen LogP contribution < -0.4 is 16.2 Å². The second-order valence-corrected chi connectivity index (χ2v) is 8.14. The van der Waals surface area contributed by atoms with Crippen LogP contribution in [0.3, 0.4) is 0 Å². The van der Waals surface area contributed by atoms with Crippen LogP contribution in [0, 0.1) is 0 Å². The highest BCUT2D eigenvalue weighted by Crippen LogP contribution is 2.29. The van der Waals surface area contributed by atoms with Gasteiger partial charge in [-0.2, -0.15) is 13.2 Å². The second kappa shape index (κ2) is 9.32. The van der Waals surface area contributed by atoms with Crippen LogP contribution in [0.25, 0.3) is 10.9 Å². The molecule has 2 heterocycles. The van der Waals surface area contributed by atoms with Gasteiger partial charge in [-0.1, -0.05) is 19.1 Å². The second-order valence-electron chi connectivity index (χ2n) is 8.14. The standard InChI is InChI=1S/C24H21F3N4O4/c1-2-19-29-17-7-6-13(12-28-21(33)14-4-3-5-15(11-14)24(25,26)27)10-16(17)23(35)31(19)18-8-9-20(32)30-22(18)34/h3-7,10-11,18H,2,8-9,12H2,1H3,(H,28,33)(H,30,32,34). The van der Waals surface area contributed by atoms with Gasteiger partial charge in [0.15, 0.2) is 0 Å². The molecule has 3 aromatic rings. The summed E-state index contributed by atoms with van der Waals surface area (Å²) in [5.74, 6) is -1.26. The van der Waals surface area contributed by atoms with Crippen molar-refractivity contribution in [2.24, 2.45) is 0 Å². The van der Waals surface area contributed by atoms with Crippen molar-refractivity contribution in [1.82, 2.24) is 20.2 Å². The smallest absolute Gasteiger partial charge is 0.348 e. The highest BCUT2D eigenvalue weighted by Gasteiger charge is 2.32. The minimum absolute atomic E-state index is 0.0432. The molecule has 1 aromatic heterocycles. The predicted molar refractivity (Wildman–Crippen MR) is 119 cm³/mol. The van der Waals surface area contributed by atoms with E-state index in [1.807, 2.05) is 0 Å². The van der Waals surface area contributed by atoms with Gasteiger partial charge in [0.05, 0.1) is 16.5 Å². The van der Waals surface area contributed by atoms with E-state index in [0.29, 0.717) is 23.3 Å². The lowest BCUT2D eigenvalue weighted by molar-refractivity contribution is -0.138. The van der Waals surface area contributed by atoms with E-state index >= 15 is 0 Å². The number of piperidine rings is 1. The summed E-state index contributed by atoms with van der Waals surface area (Å²) < 4.78 is 40.1. The quantitative estimate of drug-likeness (QED) is 0.539. The molecule has 0 bridgehead atoms. The van der Waals surface area contributed by atoms with E-state index in [-0.39, 0.29) is 30.3 Å². The Balaban J connectivity index is 1.61. The summed E-state index contributed by atoms with van der Waals surface area (Å²) in [6.07, 6.45) is -3.90. The first-order valence-corrected chi connectivity index (χ1v) is 10.9.